The van der Waals surface area contributed by atoms with Gasteiger partial charge in [0.2, 0.25) is 0 Å². The molecule has 0 radical (unpaired) electrons. The SMILES string of the molecule is CCCN(CCO)Cc1ncc(C)c(N)c1C. The number of aromatic nitrogens is 1. The summed E-state index contributed by atoms with van der Waals surface area (Å²) in [4.78, 5) is 6.64. The predicted octanol–water partition coefficient (Wildman–Crippen LogP) is 1.48. The van der Waals surface area contributed by atoms with Crippen molar-refractivity contribution in [1.82, 2.24) is 9.88 Å². The minimum atomic E-state index is 0.181. The van der Waals surface area contributed by atoms with Crippen molar-refractivity contribution in [1.29, 1.82) is 0 Å². The van der Waals surface area contributed by atoms with Gasteiger partial charge >= 0.3 is 0 Å². The number of aliphatic hydroxyl groups is 1. The van der Waals surface area contributed by atoms with Gasteiger partial charge in [-0.1, -0.05) is 6.92 Å². The molecule has 0 atom stereocenters. The maximum atomic E-state index is 9.02. The smallest absolute Gasteiger partial charge is 0.0593 e. The molecule has 3 N–H and O–H groups in total. The Bertz CT molecular complexity index is 360. The van der Waals surface area contributed by atoms with Crippen LogP contribution in [0.25, 0.3) is 0 Å². The normalized spacial score (nSPS) is 11.1. The van der Waals surface area contributed by atoms with Gasteiger partial charge in [0.05, 0.1) is 12.3 Å². The summed E-state index contributed by atoms with van der Waals surface area (Å²) in [6, 6.07) is 0. The largest absolute Gasteiger partial charge is 0.398 e. The van der Waals surface area contributed by atoms with Crippen LogP contribution in [0.5, 0.6) is 0 Å². The van der Waals surface area contributed by atoms with Crippen LogP contribution in [0.15, 0.2) is 6.20 Å². The van der Waals surface area contributed by atoms with Crippen LogP contribution in [0, 0.1) is 13.8 Å². The standard InChI is InChI=1S/C13H23N3O/c1-4-5-16(6-7-17)9-12-11(3)13(14)10(2)8-15-12/h8,17H,4-7,9H2,1-3H3,(H2,14,15). The first-order valence-corrected chi connectivity index (χ1v) is 6.13. The number of anilines is 1. The fraction of sp³-hybridized carbons (Fsp3) is 0.615. The molecule has 0 fully saturated rings. The second-order valence-corrected chi connectivity index (χ2v) is 4.43. The van der Waals surface area contributed by atoms with E-state index in [0.29, 0.717) is 6.54 Å². The molecule has 0 spiro atoms. The van der Waals surface area contributed by atoms with E-state index in [1.165, 1.54) is 0 Å². The minimum absolute atomic E-state index is 0.181. The molecule has 1 aromatic rings. The summed E-state index contributed by atoms with van der Waals surface area (Å²) in [6.45, 7) is 8.70. The molecule has 0 saturated carbocycles. The van der Waals surface area contributed by atoms with Crippen LogP contribution >= 0.6 is 0 Å². The fourth-order valence-corrected chi connectivity index (χ4v) is 1.89. The van der Waals surface area contributed by atoms with Gasteiger partial charge in [0.1, 0.15) is 0 Å². The van der Waals surface area contributed by atoms with Gasteiger partial charge in [-0.15, -0.1) is 0 Å². The highest BCUT2D eigenvalue weighted by molar-refractivity contribution is 5.53. The van der Waals surface area contributed by atoms with Gasteiger partial charge in [-0.05, 0) is 37.9 Å². The van der Waals surface area contributed by atoms with E-state index in [1.54, 1.807) is 0 Å². The Morgan fingerprint density at radius 3 is 2.65 bits per heavy atom. The number of nitrogens with zero attached hydrogens (tertiary/aromatic N) is 2. The zero-order chi connectivity index (χ0) is 12.8. The monoisotopic (exact) mass is 237 g/mol. The molecule has 4 heteroatoms. The van der Waals surface area contributed by atoms with Crippen molar-refractivity contribution in [2.45, 2.75) is 33.7 Å². The molecule has 1 heterocycles. The summed E-state index contributed by atoms with van der Waals surface area (Å²) in [5.41, 5.74) is 9.92. The van der Waals surface area contributed by atoms with E-state index < -0.39 is 0 Å². The second-order valence-electron chi connectivity index (χ2n) is 4.43. The third-order valence-electron chi connectivity index (χ3n) is 3.01. The van der Waals surface area contributed by atoms with E-state index in [2.05, 4.69) is 16.8 Å². The van der Waals surface area contributed by atoms with E-state index in [1.807, 2.05) is 20.0 Å². The van der Waals surface area contributed by atoms with Crippen molar-refractivity contribution in [2.75, 3.05) is 25.4 Å². The predicted molar refractivity (Wildman–Crippen MR) is 70.8 cm³/mol. The molecule has 1 aromatic heterocycles. The van der Waals surface area contributed by atoms with E-state index in [4.69, 9.17) is 10.8 Å². The lowest BCUT2D eigenvalue weighted by molar-refractivity contribution is 0.189. The highest BCUT2D eigenvalue weighted by Gasteiger charge is 2.10. The Hall–Kier alpha value is -1.13. The molecule has 0 amide bonds. The van der Waals surface area contributed by atoms with Gasteiger partial charge < -0.3 is 10.8 Å². The number of aryl methyl sites for hydroxylation is 1. The molecular weight excluding hydrogens is 214 g/mol. The zero-order valence-electron chi connectivity index (χ0n) is 11.0. The van der Waals surface area contributed by atoms with E-state index in [9.17, 15) is 0 Å². The molecule has 0 aliphatic carbocycles. The summed E-state index contributed by atoms with van der Waals surface area (Å²) in [5, 5.41) is 9.02. The summed E-state index contributed by atoms with van der Waals surface area (Å²) in [5.74, 6) is 0. The second kappa shape index (κ2) is 6.57. The quantitative estimate of drug-likeness (QED) is 0.787. The van der Waals surface area contributed by atoms with Crippen molar-refractivity contribution in [2.24, 2.45) is 0 Å². The third kappa shape index (κ3) is 3.68. The van der Waals surface area contributed by atoms with E-state index >= 15 is 0 Å². The van der Waals surface area contributed by atoms with Crippen molar-refractivity contribution in [3.63, 3.8) is 0 Å². The molecule has 1 rings (SSSR count). The summed E-state index contributed by atoms with van der Waals surface area (Å²) >= 11 is 0. The molecule has 4 nitrogen and oxygen atoms in total. The van der Waals surface area contributed by atoms with Crippen molar-refractivity contribution in [3.05, 3.63) is 23.0 Å². The number of nitrogens with two attached hydrogens (primary N) is 1. The maximum Gasteiger partial charge on any atom is 0.0593 e. The van der Waals surface area contributed by atoms with Gasteiger partial charge in [0.25, 0.3) is 0 Å². The first-order chi connectivity index (χ1) is 8.10. The Morgan fingerprint density at radius 1 is 1.35 bits per heavy atom. The van der Waals surface area contributed by atoms with Crippen LogP contribution in [-0.4, -0.2) is 34.7 Å². The van der Waals surface area contributed by atoms with Gasteiger partial charge in [0.15, 0.2) is 0 Å². The average molecular weight is 237 g/mol. The molecule has 0 aromatic carbocycles. The fourth-order valence-electron chi connectivity index (χ4n) is 1.89. The van der Waals surface area contributed by atoms with Crippen molar-refractivity contribution in [3.8, 4) is 0 Å². The Kier molecular flexibility index (Phi) is 5.38. The van der Waals surface area contributed by atoms with Crippen LogP contribution < -0.4 is 5.73 Å². The van der Waals surface area contributed by atoms with Crippen molar-refractivity contribution < 1.29 is 5.11 Å². The molecule has 0 aliphatic heterocycles. The van der Waals surface area contributed by atoms with Crippen LogP contribution in [0.4, 0.5) is 5.69 Å². The Balaban J connectivity index is 2.82. The molecule has 96 valence electrons. The average Bonchev–Trinajstić information content (AvgIpc) is 2.30. The third-order valence-corrected chi connectivity index (χ3v) is 3.01. The number of nitrogen functional groups attached to an aromatic ring is 1. The highest BCUT2D eigenvalue weighted by Crippen LogP contribution is 2.19. The van der Waals surface area contributed by atoms with Crippen LogP contribution in [0.2, 0.25) is 0 Å². The first-order valence-electron chi connectivity index (χ1n) is 6.13. The number of aliphatic hydroxyl groups excluding tert-OH is 1. The van der Waals surface area contributed by atoms with Crippen LogP contribution in [0.3, 0.4) is 0 Å². The van der Waals surface area contributed by atoms with Crippen LogP contribution in [0.1, 0.15) is 30.2 Å². The Labute approximate surface area is 103 Å². The summed E-state index contributed by atoms with van der Waals surface area (Å²) in [6.07, 6.45) is 2.89. The van der Waals surface area contributed by atoms with Gasteiger partial charge in [-0.25, -0.2) is 0 Å². The molecular formula is C13H23N3O. The number of hydrogen-bond acceptors (Lipinski definition) is 4. The number of hydrogen-bond donors (Lipinski definition) is 2. The zero-order valence-corrected chi connectivity index (χ0v) is 11.0. The lowest BCUT2D eigenvalue weighted by atomic mass is 10.1. The molecule has 0 unspecified atom stereocenters. The topological polar surface area (TPSA) is 62.4 Å². The van der Waals surface area contributed by atoms with E-state index in [-0.39, 0.29) is 6.61 Å². The summed E-state index contributed by atoms with van der Waals surface area (Å²) < 4.78 is 0. The van der Waals surface area contributed by atoms with Gasteiger partial charge in [-0.2, -0.15) is 0 Å². The van der Waals surface area contributed by atoms with Gasteiger partial charge in [-0.3, -0.25) is 9.88 Å². The van der Waals surface area contributed by atoms with Crippen molar-refractivity contribution >= 4 is 5.69 Å². The van der Waals surface area contributed by atoms with Crippen LogP contribution in [-0.2, 0) is 6.54 Å². The number of rotatable bonds is 6. The Morgan fingerprint density at radius 2 is 2.06 bits per heavy atom. The van der Waals surface area contributed by atoms with Gasteiger partial charge in [0, 0.05) is 25.0 Å². The first kappa shape index (κ1) is 13.9. The lowest BCUT2D eigenvalue weighted by Crippen LogP contribution is -2.28. The molecule has 0 bridgehead atoms. The number of pyridine rings is 1. The molecule has 0 saturated heterocycles. The summed E-state index contributed by atoms with van der Waals surface area (Å²) in [7, 11) is 0. The molecule has 17 heavy (non-hydrogen) atoms. The lowest BCUT2D eigenvalue weighted by Gasteiger charge is -2.21. The molecule has 0 aliphatic rings. The maximum absolute atomic E-state index is 9.02. The van der Waals surface area contributed by atoms with E-state index in [0.717, 1.165) is 42.0 Å². The minimum Gasteiger partial charge on any atom is -0.398 e. The highest BCUT2D eigenvalue weighted by atomic mass is 16.3.